The van der Waals surface area contributed by atoms with Gasteiger partial charge in [0, 0.05) is 11.4 Å². The van der Waals surface area contributed by atoms with Gasteiger partial charge in [0.1, 0.15) is 0 Å². The molecular weight excluding hydrogens is 247 g/mol. The van der Waals surface area contributed by atoms with Crippen LogP contribution in [0.3, 0.4) is 0 Å². The fraction of sp³-hybridized carbons (Fsp3) is 0.167. The van der Waals surface area contributed by atoms with Gasteiger partial charge in [-0.1, -0.05) is 18.2 Å². The zero-order chi connectivity index (χ0) is 12.5. The van der Waals surface area contributed by atoms with Crippen LogP contribution in [0.1, 0.15) is 10.4 Å². The molecule has 1 heterocycles. The molecule has 90 valence electrons. The quantitative estimate of drug-likeness (QED) is 0.867. The van der Waals surface area contributed by atoms with E-state index in [1.807, 2.05) is 0 Å². The lowest BCUT2D eigenvalue weighted by Crippen LogP contribution is -2.06. The molecular formula is C12H10F3NS. The van der Waals surface area contributed by atoms with Gasteiger partial charge in [0.05, 0.1) is 5.56 Å². The van der Waals surface area contributed by atoms with Crippen molar-refractivity contribution in [3.63, 3.8) is 0 Å². The number of hydrogen-bond donors (Lipinski definition) is 1. The molecule has 5 heteroatoms. The minimum absolute atomic E-state index is 0.205. The normalized spacial score (nSPS) is 11.8. The first-order valence-corrected chi connectivity index (χ1v) is 5.84. The van der Waals surface area contributed by atoms with Gasteiger partial charge in [-0.15, -0.1) is 11.3 Å². The van der Waals surface area contributed by atoms with Gasteiger partial charge in [-0.05, 0) is 28.6 Å². The van der Waals surface area contributed by atoms with E-state index in [1.165, 1.54) is 23.5 Å². The van der Waals surface area contributed by atoms with Crippen LogP contribution in [0.25, 0.3) is 11.1 Å². The van der Waals surface area contributed by atoms with Gasteiger partial charge in [0.25, 0.3) is 0 Å². The molecule has 2 rings (SSSR count). The largest absolute Gasteiger partial charge is 0.417 e. The average molecular weight is 257 g/mol. The number of halogens is 3. The van der Waals surface area contributed by atoms with Crippen LogP contribution < -0.4 is 5.73 Å². The van der Waals surface area contributed by atoms with Crippen molar-refractivity contribution in [2.75, 3.05) is 0 Å². The molecule has 0 aliphatic carbocycles. The molecule has 0 aliphatic heterocycles. The van der Waals surface area contributed by atoms with Gasteiger partial charge >= 0.3 is 6.18 Å². The molecule has 0 atom stereocenters. The molecule has 0 amide bonds. The summed E-state index contributed by atoms with van der Waals surface area (Å²) < 4.78 is 38.4. The van der Waals surface area contributed by atoms with Crippen LogP contribution in [0.2, 0.25) is 0 Å². The molecule has 0 unspecified atom stereocenters. The van der Waals surface area contributed by atoms with E-state index in [2.05, 4.69) is 0 Å². The lowest BCUT2D eigenvalue weighted by atomic mass is 10.0. The molecule has 2 N–H and O–H groups in total. The highest BCUT2D eigenvalue weighted by atomic mass is 32.1. The predicted octanol–water partition coefficient (Wildman–Crippen LogP) is 3.89. The first-order valence-electron chi connectivity index (χ1n) is 4.96. The summed E-state index contributed by atoms with van der Waals surface area (Å²) in [5, 5.41) is 1.70. The third-order valence-corrected chi connectivity index (χ3v) is 3.36. The number of alkyl halides is 3. The summed E-state index contributed by atoms with van der Waals surface area (Å²) in [6.07, 6.45) is -4.33. The summed E-state index contributed by atoms with van der Waals surface area (Å²) in [5.74, 6) is 0. The Bertz CT molecular complexity index is 516. The van der Waals surface area contributed by atoms with Gasteiger partial charge in [0.2, 0.25) is 0 Å². The summed E-state index contributed by atoms with van der Waals surface area (Å²) in [7, 11) is 0. The maximum atomic E-state index is 12.8. The first kappa shape index (κ1) is 12.1. The van der Waals surface area contributed by atoms with Crippen LogP contribution in [-0.4, -0.2) is 0 Å². The Labute approximate surface area is 101 Å². The zero-order valence-electron chi connectivity index (χ0n) is 8.79. The minimum atomic E-state index is -4.33. The highest BCUT2D eigenvalue weighted by Gasteiger charge is 2.33. The Morgan fingerprint density at radius 1 is 1.18 bits per heavy atom. The monoisotopic (exact) mass is 257 g/mol. The summed E-state index contributed by atoms with van der Waals surface area (Å²) in [4.78, 5) is 0.872. The Hall–Kier alpha value is -1.33. The fourth-order valence-corrected chi connectivity index (χ4v) is 2.38. The summed E-state index contributed by atoms with van der Waals surface area (Å²) in [6, 6.07) is 7.27. The molecule has 0 bridgehead atoms. The Balaban J connectivity index is 2.52. The second-order valence-corrected chi connectivity index (χ2v) is 4.54. The molecule has 2 aromatic rings. The van der Waals surface area contributed by atoms with Crippen molar-refractivity contribution in [1.29, 1.82) is 0 Å². The van der Waals surface area contributed by atoms with Gasteiger partial charge < -0.3 is 5.73 Å². The maximum Gasteiger partial charge on any atom is 0.417 e. The van der Waals surface area contributed by atoms with Crippen LogP contribution in [0.15, 0.2) is 35.7 Å². The summed E-state index contributed by atoms with van der Waals surface area (Å²) in [6.45, 7) is 0.346. The van der Waals surface area contributed by atoms with Crippen molar-refractivity contribution < 1.29 is 13.2 Å². The minimum Gasteiger partial charge on any atom is -0.326 e. The Kier molecular flexibility index (Phi) is 3.22. The maximum absolute atomic E-state index is 12.8. The predicted molar refractivity (Wildman–Crippen MR) is 62.6 cm³/mol. The van der Waals surface area contributed by atoms with Crippen LogP contribution in [0.5, 0.6) is 0 Å². The van der Waals surface area contributed by atoms with Gasteiger partial charge in [-0.25, -0.2) is 0 Å². The van der Waals surface area contributed by atoms with E-state index in [9.17, 15) is 13.2 Å². The van der Waals surface area contributed by atoms with Gasteiger partial charge in [-0.3, -0.25) is 0 Å². The average Bonchev–Trinajstić information content (AvgIpc) is 2.76. The molecule has 0 spiro atoms. The third kappa shape index (κ3) is 2.50. The number of nitrogens with two attached hydrogens (primary N) is 1. The number of hydrogen-bond acceptors (Lipinski definition) is 2. The van der Waals surface area contributed by atoms with E-state index in [0.717, 1.165) is 10.9 Å². The molecule has 0 radical (unpaired) electrons. The standard InChI is InChI=1S/C12H10F3NS/c13-12(14,15)11-4-2-1-3-10(11)8-5-9(6-16)17-7-8/h1-5,7H,6,16H2. The lowest BCUT2D eigenvalue weighted by molar-refractivity contribution is -0.137. The number of rotatable bonds is 2. The number of thiophene rings is 1. The van der Waals surface area contributed by atoms with Crippen molar-refractivity contribution in [2.45, 2.75) is 12.7 Å². The highest BCUT2D eigenvalue weighted by Crippen LogP contribution is 2.38. The molecule has 17 heavy (non-hydrogen) atoms. The Morgan fingerprint density at radius 3 is 2.47 bits per heavy atom. The highest BCUT2D eigenvalue weighted by molar-refractivity contribution is 7.10. The van der Waals surface area contributed by atoms with E-state index >= 15 is 0 Å². The van der Waals surface area contributed by atoms with Crippen molar-refractivity contribution in [3.8, 4) is 11.1 Å². The van der Waals surface area contributed by atoms with Crippen molar-refractivity contribution in [3.05, 3.63) is 46.2 Å². The van der Waals surface area contributed by atoms with Crippen LogP contribution in [0, 0.1) is 0 Å². The summed E-state index contributed by atoms with van der Waals surface area (Å²) >= 11 is 1.37. The van der Waals surface area contributed by atoms with Crippen LogP contribution in [-0.2, 0) is 12.7 Å². The summed E-state index contributed by atoms with van der Waals surface area (Å²) in [5.41, 5.74) is 5.62. The molecule has 1 nitrogen and oxygen atoms in total. The van der Waals surface area contributed by atoms with Crippen molar-refractivity contribution in [1.82, 2.24) is 0 Å². The molecule has 0 saturated heterocycles. The lowest BCUT2D eigenvalue weighted by Gasteiger charge is -2.11. The first-order chi connectivity index (χ1) is 8.02. The third-order valence-electron chi connectivity index (χ3n) is 2.40. The molecule has 0 saturated carbocycles. The van der Waals surface area contributed by atoms with Crippen molar-refractivity contribution in [2.24, 2.45) is 5.73 Å². The number of benzene rings is 1. The molecule has 1 aromatic heterocycles. The second-order valence-electron chi connectivity index (χ2n) is 3.55. The molecule has 1 aromatic carbocycles. The fourth-order valence-electron chi connectivity index (χ4n) is 1.61. The van der Waals surface area contributed by atoms with E-state index < -0.39 is 11.7 Å². The SMILES string of the molecule is NCc1cc(-c2ccccc2C(F)(F)F)cs1. The van der Waals surface area contributed by atoms with Gasteiger partial charge in [0.15, 0.2) is 0 Å². The van der Waals surface area contributed by atoms with E-state index in [0.29, 0.717) is 12.1 Å². The smallest absolute Gasteiger partial charge is 0.326 e. The second kappa shape index (κ2) is 4.50. The van der Waals surface area contributed by atoms with Crippen molar-refractivity contribution >= 4 is 11.3 Å². The van der Waals surface area contributed by atoms with E-state index in [4.69, 9.17) is 5.73 Å². The van der Waals surface area contributed by atoms with E-state index in [1.54, 1.807) is 17.5 Å². The zero-order valence-corrected chi connectivity index (χ0v) is 9.61. The molecule has 0 fully saturated rings. The van der Waals surface area contributed by atoms with Crippen LogP contribution in [0.4, 0.5) is 13.2 Å². The van der Waals surface area contributed by atoms with Crippen LogP contribution >= 0.6 is 11.3 Å². The molecule has 0 aliphatic rings. The topological polar surface area (TPSA) is 26.0 Å². The van der Waals surface area contributed by atoms with Gasteiger partial charge in [-0.2, -0.15) is 13.2 Å². The Morgan fingerprint density at radius 2 is 1.88 bits per heavy atom. The van der Waals surface area contributed by atoms with E-state index in [-0.39, 0.29) is 5.56 Å².